The average Bonchev–Trinajstić information content (AvgIpc) is 2.33. The molecule has 2 aromatic carbocycles. The van der Waals surface area contributed by atoms with E-state index in [1.165, 1.54) is 18.2 Å². The molecule has 0 aliphatic heterocycles. The number of nitrogens with zero attached hydrogens (tertiary/aromatic N) is 1. The maximum atomic E-state index is 12.9. The van der Waals surface area contributed by atoms with Gasteiger partial charge in [0.15, 0.2) is 0 Å². The van der Waals surface area contributed by atoms with Gasteiger partial charge in [0, 0.05) is 0 Å². The third-order valence-electron chi connectivity index (χ3n) is 2.33. The summed E-state index contributed by atoms with van der Waals surface area (Å²) in [5.41, 5.74) is 1.36. The van der Waals surface area contributed by atoms with Gasteiger partial charge in [-0.3, -0.25) is 0 Å². The number of rotatable bonds is 2. The molecule has 0 atom stereocenters. The fourth-order valence-electron chi connectivity index (χ4n) is 1.48. The summed E-state index contributed by atoms with van der Waals surface area (Å²) in [6.45, 7) is 0. The van der Waals surface area contributed by atoms with Crippen molar-refractivity contribution in [3.63, 3.8) is 0 Å². The molecule has 5 heteroatoms. The second-order valence-electron chi connectivity index (χ2n) is 3.52. The smallest absolute Gasteiger partial charge is 0.124 e. The van der Waals surface area contributed by atoms with Crippen LogP contribution in [-0.4, -0.2) is 0 Å². The Bertz CT molecular complexity index is 635. The number of nitrogens with one attached hydrogen (secondary N) is 1. The average molecular weight is 281 g/mol. The fourth-order valence-corrected chi connectivity index (χ4v) is 1.91. The molecule has 18 heavy (non-hydrogen) atoms. The lowest BCUT2D eigenvalue weighted by Crippen LogP contribution is -1.95. The summed E-state index contributed by atoms with van der Waals surface area (Å²) < 4.78 is 12.9. The highest BCUT2D eigenvalue weighted by molar-refractivity contribution is 6.33. The molecule has 0 unspecified atom stereocenters. The summed E-state index contributed by atoms with van der Waals surface area (Å²) in [5.74, 6) is -0.419. The molecule has 0 aliphatic rings. The minimum absolute atomic E-state index is 0.235. The van der Waals surface area contributed by atoms with Crippen LogP contribution in [0.3, 0.4) is 0 Å². The molecule has 0 fully saturated rings. The SMILES string of the molecule is N#Cc1c(Cl)cccc1Nc1ccc(F)cc1Cl. The molecule has 0 aliphatic carbocycles. The zero-order chi connectivity index (χ0) is 13.1. The number of hydrogen-bond donors (Lipinski definition) is 1. The summed E-state index contributed by atoms with van der Waals surface area (Å²) in [5, 5.41) is 12.6. The van der Waals surface area contributed by atoms with E-state index in [1.807, 2.05) is 6.07 Å². The van der Waals surface area contributed by atoms with Gasteiger partial charge in [-0.25, -0.2) is 4.39 Å². The molecular weight excluding hydrogens is 274 g/mol. The van der Waals surface area contributed by atoms with Gasteiger partial charge in [0.1, 0.15) is 11.9 Å². The van der Waals surface area contributed by atoms with Crippen molar-refractivity contribution in [1.82, 2.24) is 0 Å². The largest absolute Gasteiger partial charge is 0.353 e. The lowest BCUT2D eigenvalue weighted by Gasteiger charge is -2.10. The Hall–Kier alpha value is -1.76. The molecule has 1 N–H and O–H groups in total. The first-order valence-electron chi connectivity index (χ1n) is 5.02. The highest BCUT2D eigenvalue weighted by Gasteiger charge is 2.08. The van der Waals surface area contributed by atoms with E-state index in [-0.39, 0.29) is 5.02 Å². The summed E-state index contributed by atoms with van der Waals surface area (Å²) in [7, 11) is 0. The van der Waals surface area contributed by atoms with Crippen LogP contribution in [-0.2, 0) is 0 Å². The van der Waals surface area contributed by atoms with Crippen LogP contribution in [0.25, 0.3) is 0 Å². The van der Waals surface area contributed by atoms with E-state index in [1.54, 1.807) is 18.2 Å². The van der Waals surface area contributed by atoms with E-state index in [0.29, 0.717) is 22.0 Å². The fraction of sp³-hybridized carbons (Fsp3) is 0. The summed E-state index contributed by atoms with van der Waals surface area (Å²) >= 11 is 11.8. The van der Waals surface area contributed by atoms with Gasteiger partial charge in [-0.2, -0.15) is 5.26 Å². The predicted octanol–water partition coefficient (Wildman–Crippen LogP) is 4.75. The zero-order valence-electron chi connectivity index (χ0n) is 9.05. The second kappa shape index (κ2) is 5.26. The van der Waals surface area contributed by atoms with Gasteiger partial charge in [0.05, 0.1) is 27.0 Å². The summed E-state index contributed by atoms with van der Waals surface area (Å²) in [6.07, 6.45) is 0. The second-order valence-corrected chi connectivity index (χ2v) is 4.34. The molecular formula is C13H7Cl2FN2. The van der Waals surface area contributed by atoms with E-state index in [2.05, 4.69) is 5.32 Å². The molecule has 0 amide bonds. The zero-order valence-corrected chi connectivity index (χ0v) is 10.6. The highest BCUT2D eigenvalue weighted by atomic mass is 35.5. The highest BCUT2D eigenvalue weighted by Crippen LogP contribution is 2.30. The molecule has 0 radical (unpaired) electrons. The molecule has 90 valence electrons. The van der Waals surface area contributed by atoms with Crippen molar-refractivity contribution in [3.05, 3.63) is 57.8 Å². The van der Waals surface area contributed by atoms with Gasteiger partial charge in [-0.1, -0.05) is 29.3 Å². The third-order valence-corrected chi connectivity index (χ3v) is 2.95. The number of halogens is 3. The molecule has 0 spiro atoms. The molecule has 0 saturated carbocycles. The van der Waals surface area contributed by atoms with Crippen molar-refractivity contribution in [2.75, 3.05) is 5.32 Å². The quantitative estimate of drug-likeness (QED) is 0.862. The monoisotopic (exact) mass is 280 g/mol. The van der Waals surface area contributed by atoms with Crippen LogP contribution in [0.15, 0.2) is 36.4 Å². The Balaban J connectivity index is 2.41. The maximum absolute atomic E-state index is 12.9. The van der Waals surface area contributed by atoms with Gasteiger partial charge >= 0.3 is 0 Å². The number of anilines is 2. The van der Waals surface area contributed by atoms with Crippen molar-refractivity contribution in [2.24, 2.45) is 0 Å². The molecule has 0 bridgehead atoms. The summed E-state index contributed by atoms with van der Waals surface area (Å²) in [4.78, 5) is 0. The minimum Gasteiger partial charge on any atom is -0.353 e. The van der Waals surface area contributed by atoms with Crippen molar-refractivity contribution in [2.45, 2.75) is 0 Å². The number of nitriles is 1. The topological polar surface area (TPSA) is 35.8 Å². The van der Waals surface area contributed by atoms with E-state index in [9.17, 15) is 4.39 Å². The van der Waals surface area contributed by atoms with Crippen LogP contribution in [0.5, 0.6) is 0 Å². The lowest BCUT2D eigenvalue weighted by atomic mass is 10.2. The number of benzene rings is 2. The Morgan fingerprint density at radius 1 is 1.06 bits per heavy atom. The van der Waals surface area contributed by atoms with Gasteiger partial charge in [0.2, 0.25) is 0 Å². The maximum Gasteiger partial charge on any atom is 0.124 e. The Kier molecular flexibility index (Phi) is 3.71. The molecule has 2 rings (SSSR count). The van der Waals surface area contributed by atoms with Crippen LogP contribution in [0, 0.1) is 17.1 Å². The standard InChI is InChI=1S/C13H7Cl2FN2/c14-10-2-1-3-12(9(10)7-17)18-13-5-4-8(16)6-11(13)15/h1-6,18H. The Morgan fingerprint density at radius 2 is 1.83 bits per heavy atom. The number of hydrogen-bond acceptors (Lipinski definition) is 2. The van der Waals surface area contributed by atoms with Gasteiger partial charge in [-0.05, 0) is 30.3 Å². The first-order valence-corrected chi connectivity index (χ1v) is 5.78. The lowest BCUT2D eigenvalue weighted by molar-refractivity contribution is 0.628. The van der Waals surface area contributed by atoms with Crippen molar-refractivity contribution in [1.29, 1.82) is 5.26 Å². The minimum atomic E-state index is -0.419. The van der Waals surface area contributed by atoms with Crippen LogP contribution < -0.4 is 5.32 Å². The molecule has 0 saturated heterocycles. The van der Waals surface area contributed by atoms with Crippen LogP contribution >= 0.6 is 23.2 Å². The molecule has 0 aromatic heterocycles. The first kappa shape index (κ1) is 12.7. The predicted molar refractivity (Wildman–Crippen MR) is 70.9 cm³/mol. The molecule has 2 aromatic rings. The van der Waals surface area contributed by atoms with E-state index in [4.69, 9.17) is 28.5 Å². The van der Waals surface area contributed by atoms with Crippen LogP contribution in [0.2, 0.25) is 10.0 Å². The van der Waals surface area contributed by atoms with Gasteiger partial charge in [0.25, 0.3) is 0 Å². The third kappa shape index (κ3) is 2.56. The van der Waals surface area contributed by atoms with E-state index >= 15 is 0 Å². The summed E-state index contributed by atoms with van der Waals surface area (Å²) in [6, 6.07) is 11.0. The van der Waals surface area contributed by atoms with Crippen molar-refractivity contribution in [3.8, 4) is 6.07 Å². The normalized spacial score (nSPS) is 9.89. The Morgan fingerprint density at radius 3 is 2.50 bits per heavy atom. The first-order chi connectivity index (χ1) is 8.61. The van der Waals surface area contributed by atoms with E-state index in [0.717, 1.165) is 0 Å². The molecule has 0 heterocycles. The van der Waals surface area contributed by atoms with Gasteiger partial charge < -0.3 is 5.32 Å². The van der Waals surface area contributed by atoms with Crippen LogP contribution in [0.1, 0.15) is 5.56 Å². The van der Waals surface area contributed by atoms with Crippen LogP contribution in [0.4, 0.5) is 15.8 Å². The van der Waals surface area contributed by atoms with E-state index < -0.39 is 5.82 Å². The van der Waals surface area contributed by atoms with Gasteiger partial charge in [-0.15, -0.1) is 0 Å². The molecule has 2 nitrogen and oxygen atoms in total. The van der Waals surface area contributed by atoms with Crippen molar-refractivity contribution < 1.29 is 4.39 Å². The Labute approximate surface area is 114 Å². The van der Waals surface area contributed by atoms with Crippen molar-refractivity contribution >= 4 is 34.6 Å².